The van der Waals surface area contributed by atoms with E-state index in [1.807, 2.05) is 48.5 Å². The van der Waals surface area contributed by atoms with Crippen molar-refractivity contribution < 1.29 is 14.3 Å². The van der Waals surface area contributed by atoms with Gasteiger partial charge in [-0.1, -0.05) is 59.1 Å². The zero-order valence-corrected chi connectivity index (χ0v) is 18.3. The molecule has 1 fully saturated rings. The Morgan fingerprint density at radius 1 is 1.10 bits per heavy atom. The van der Waals surface area contributed by atoms with E-state index in [0.29, 0.717) is 32.4 Å². The number of hydrogen-bond donors (Lipinski definition) is 3. The molecule has 2 aromatic rings. The summed E-state index contributed by atoms with van der Waals surface area (Å²) in [5.41, 5.74) is 1.11. The van der Waals surface area contributed by atoms with E-state index in [1.165, 1.54) is 0 Å². The Hall–Kier alpha value is -2.54. The largest absolute Gasteiger partial charge is 0.493 e. The number of ether oxygens (including phenoxy) is 1. The maximum Gasteiger partial charge on any atom is 0.315 e. The predicted octanol–water partition coefficient (Wildman–Crippen LogP) is 4.20. The van der Waals surface area contributed by atoms with Gasteiger partial charge in [0, 0.05) is 23.0 Å². The molecule has 1 heterocycles. The van der Waals surface area contributed by atoms with Crippen LogP contribution in [0.25, 0.3) is 0 Å². The van der Waals surface area contributed by atoms with E-state index in [9.17, 15) is 9.59 Å². The van der Waals surface area contributed by atoms with E-state index in [1.54, 1.807) is 0 Å². The maximum atomic E-state index is 13.3. The third-order valence-corrected chi connectivity index (χ3v) is 6.35. The minimum absolute atomic E-state index is 0.118. The Morgan fingerprint density at radius 3 is 2.63 bits per heavy atom. The Bertz CT molecular complexity index is 913. The summed E-state index contributed by atoms with van der Waals surface area (Å²) in [5, 5.41) is 9.04. The molecule has 158 valence electrons. The molecule has 0 saturated heterocycles. The highest BCUT2D eigenvalue weighted by Gasteiger charge is 2.43. The number of urea groups is 1. The van der Waals surface area contributed by atoms with Gasteiger partial charge < -0.3 is 20.7 Å². The molecule has 3 N–H and O–H groups in total. The summed E-state index contributed by atoms with van der Waals surface area (Å²) in [6, 6.07) is 15.1. The molecule has 1 saturated carbocycles. The lowest BCUT2D eigenvalue weighted by molar-refractivity contribution is -0.128. The summed E-state index contributed by atoms with van der Waals surface area (Å²) >= 11 is 3.50. The van der Waals surface area contributed by atoms with Gasteiger partial charge in [0.2, 0.25) is 5.91 Å². The number of nitrogens with one attached hydrogen (secondary N) is 3. The van der Waals surface area contributed by atoms with Crippen molar-refractivity contribution in [2.75, 3.05) is 6.61 Å². The molecule has 7 heteroatoms. The van der Waals surface area contributed by atoms with Crippen LogP contribution in [-0.2, 0) is 11.3 Å². The molecule has 0 radical (unpaired) electrons. The fraction of sp³-hybridized carbons (Fsp3) is 0.391. The third kappa shape index (κ3) is 4.61. The first-order chi connectivity index (χ1) is 14.6. The van der Waals surface area contributed by atoms with Crippen LogP contribution in [0.1, 0.15) is 49.3 Å². The maximum absolute atomic E-state index is 13.3. The predicted molar refractivity (Wildman–Crippen MR) is 118 cm³/mol. The second kappa shape index (κ2) is 9.08. The van der Waals surface area contributed by atoms with Gasteiger partial charge in [-0.25, -0.2) is 4.79 Å². The standard InChI is InChI=1S/C23H26BrN3O3/c24-17-8-9-20-18(14-17)19(10-13-30-20)26-21(28)23(11-4-5-12-23)27-22(29)25-15-16-6-2-1-3-7-16/h1-3,6-9,14,19H,4-5,10-13,15H2,(H,26,28)(H2,25,27,29). The zero-order chi connectivity index (χ0) is 21.0. The minimum Gasteiger partial charge on any atom is -0.493 e. The SMILES string of the molecule is O=C(NCc1ccccc1)NC1(C(=O)NC2CCOc3ccc(Br)cc32)CCCC1. The normalized spacial score (nSPS) is 19.3. The van der Waals surface area contributed by atoms with E-state index in [-0.39, 0.29) is 18.0 Å². The summed E-state index contributed by atoms with van der Waals surface area (Å²) in [4.78, 5) is 25.9. The van der Waals surface area contributed by atoms with E-state index < -0.39 is 5.54 Å². The second-order valence-corrected chi connectivity index (χ2v) is 8.84. The van der Waals surface area contributed by atoms with E-state index >= 15 is 0 Å². The summed E-state index contributed by atoms with van der Waals surface area (Å²) in [7, 11) is 0. The molecule has 0 aromatic heterocycles. The number of amides is 3. The Kier molecular flexibility index (Phi) is 6.27. The molecular weight excluding hydrogens is 446 g/mol. The number of rotatable bonds is 5. The van der Waals surface area contributed by atoms with Crippen molar-refractivity contribution in [1.82, 2.24) is 16.0 Å². The molecule has 1 unspecified atom stereocenters. The molecule has 2 aromatic carbocycles. The average molecular weight is 472 g/mol. The van der Waals surface area contributed by atoms with E-state index in [4.69, 9.17) is 4.74 Å². The van der Waals surface area contributed by atoms with Crippen LogP contribution in [0.15, 0.2) is 53.0 Å². The molecule has 2 aliphatic rings. The van der Waals surface area contributed by atoms with Crippen molar-refractivity contribution in [3.05, 3.63) is 64.1 Å². The molecule has 0 spiro atoms. The van der Waals surface area contributed by atoms with Gasteiger partial charge in [-0.2, -0.15) is 0 Å². The first-order valence-corrected chi connectivity index (χ1v) is 11.2. The molecule has 1 aliphatic carbocycles. The first kappa shape index (κ1) is 20.7. The highest BCUT2D eigenvalue weighted by atomic mass is 79.9. The summed E-state index contributed by atoms with van der Waals surface area (Å²) in [6.45, 7) is 0.976. The lowest BCUT2D eigenvalue weighted by atomic mass is 9.94. The van der Waals surface area contributed by atoms with Gasteiger partial charge in [0.15, 0.2) is 0 Å². The molecule has 30 heavy (non-hydrogen) atoms. The van der Waals surface area contributed by atoms with Crippen molar-refractivity contribution in [1.29, 1.82) is 0 Å². The summed E-state index contributed by atoms with van der Waals surface area (Å²) < 4.78 is 6.67. The number of fused-ring (bicyclic) bond motifs is 1. The van der Waals surface area contributed by atoms with E-state index in [2.05, 4.69) is 31.9 Å². The molecule has 4 rings (SSSR count). The second-order valence-electron chi connectivity index (χ2n) is 7.93. The minimum atomic E-state index is -0.870. The summed E-state index contributed by atoms with van der Waals surface area (Å²) in [6.07, 6.45) is 3.83. The van der Waals surface area contributed by atoms with E-state index in [0.717, 1.165) is 34.2 Å². The van der Waals surface area contributed by atoms with Gasteiger partial charge in [0.25, 0.3) is 0 Å². The van der Waals surface area contributed by atoms with Crippen LogP contribution in [-0.4, -0.2) is 24.1 Å². The van der Waals surface area contributed by atoms with Crippen LogP contribution in [0.4, 0.5) is 4.79 Å². The fourth-order valence-electron chi connectivity index (χ4n) is 4.24. The van der Waals surface area contributed by atoms with Gasteiger partial charge in [0.1, 0.15) is 11.3 Å². The molecule has 6 nitrogen and oxygen atoms in total. The lowest BCUT2D eigenvalue weighted by Gasteiger charge is -2.33. The monoisotopic (exact) mass is 471 g/mol. The van der Waals surface area contributed by atoms with Crippen LogP contribution < -0.4 is 20.7 Å². The molecule has 3 amide bonds. The van der Waals surface area contributed by atoms with Gasteiger partial charge in [0.05, 0.1) is 12.6 Å². The first-order valence-electron chi connectivity index (χ1n) is 10.4. The van der Waals surface area contributed by atoms with Crippen LogP contribution in [0.5, 0.6) is 5.75 Å². The van der Waals surface area contributed by atoms with Crippen LogP contribution >= 0.6 is 15.9 Å². The Balaban J connectivity index is 1.43. The quantitative estimate of drug-likeness (QED) is 0.611. The highest BCUT2D eigenvalue weighted by Crippen LogP contribution is 2.36. The molecule has 1 atom stereocenters. The topological polar surface area (TPSA) is 79.5 Å². The number of carbonyl (C=O) groups excluding carboxylic acids is 2. The highest BCUT2D eigenvalue weighted by molar-refractivity contribution is 9.10. The summed E-state index contributed by atoms with van der Waals surface area (Å²) in [5.74, 6) is 0.677. The van der Waals surface area contributed by atoms with Crippen molar-refractivity contribution in [3.63, 3.8) is 0 Å². The number of carbonyl (C=O) groups is 2. The van der Waals surface area contributed by atoms with Crippen LogP contribution in [0.2, 0.25) is 0 Å². The zero-order valence-electron chi connectivity index (χ0n) is 16.7. The van der Waals surface area contributed by atoms with Crippen LogP contribution in [0, 0.1) is 0 Å². The Labute approximate surface area is 184 Å². The van der Waals surface area contributed by atoms with Crippen molar-refractivity contribution >= 4 is 27.9 Å². The van der Waals surface area contributed by atoms with Gasteiger partial charge in [-0.05, 0) is 36.6 Å². The molecular formula is C23H26BrN3O3. The van der Waals surface area contributed by atoms with Crippen molar-refractivity contribution in [2.45, 2.75) is 50.2 Å². The molecule has 1 aliphatic heterocycles. The van der Waals surface area contributed by atoms with Gasteiger partial charge >= 0.3 is 6.03 Å². The Morgan fingerprint density at radius 2 is 1.87 bits per heavy atom. The third-order valence-electron chi connectivity index (χ3n) is 5.86. The van der Waals surface area contributed by atoms with Gasteiger partial charge in [-0.3, -0.25) is 4.79 Å². The smallest absolute Gasteiger partial charge is 0.315 e. The van der Waals surface area contributed by atoms with Crippen LogP contribution in [0.3, 0.4) is 0 Å². The van der Waals surface area contributed by atoms with Crippen molar-refractivity contribution in [2.24, 2.45) is 0 Å². The number of hydrogen-bond acceptors (Lipinski definition) is 3. The van der Waals surface area contributed by atoms with Crippen molar-refractivity contribution in [3.8, 4) is 5.75 Å². The average Bonchev–Trinajstić information content (AvgIpc) is 3.23. The lowest BCUT2D eigenvalue weighted by Crippen LogP contribution is -2.59. The number of benzene rings is 2. The fourth-order valence-corrected chi connectivity index (χ4v) is 4.62. The number of halogens is 1. The molecule has 0 bridgehead atoms. The van der Waals surface area contributed by atoms with Gasteiger partial charge in [-0.15, -0.1) is 0 Å².